The largest absolute Gasteiger partial charge is 0.573 e. The number of benzene rings is 1. The monoisotopic (exact) mass is 380 g/mol. The molecule has 1 aromatic heterocycles. The van der Waals surface area contributed by atoms with Gasteiger partial charge in [0.25, 0.3) is 5.91 Å². The zero-order valence-corrected chi connectivity index (χ0v) is 14.7. The molecule has 1 amide bonds. The summed E-state index contributed by atoms with van der Waals surface area (Å²) in [7, 11) is 0. The number of ether oxygens (including phenoxy) is 1. The highest BCUT2D eigenvalue weighted by molar-refractivity contribution is 5.94. The van der Waals surface area contributed by atoms with Crippen LogP contribution in [0.2, 0.25) is 0 Å². The maximum atomic E-state index is 12.3. The number of halogens is 3. The van der Waals surface area contributed by atoms with E-state index in [1.54, 1.807) is 0 Å². The second-order valence-corrected chi connectivity index (χ2v) is 6.24. The van der Waals surface area contributed by atoms with Crippen molar-refractivity contribution in [2.75, 3.05) is 18.0 Å². The van der Waals surface area contributed by atoms with Crippen LogP contribution < -0.4 is 15.0 Å². The molecule has 27 heavy (non-hydrogen) atoms. The smallest absolute Gasteiger partial charge is 0.406 e. The second-order valence-electron chi connectivity index (χ2n) is 6.24. The Hall–Kier alpha value is -2.84. The Balaban J connectivity index is 1.66. The first-order chi connectivity index (χ1) is 12.8. The number of hydrogen-bond acceptors (Lipinski definition) is 5. The Morgan fingerprint density at radius 2 is 1.96 bits per heavy atom. The van der Waals surface area contributed by atoms with Gasteiger partial charge in [0.2, 0.25) is 0 Å². The molecule has 1 N–H and O–H groups in total. The molecule has 0 spiro atoms. The molecular weight excluding hydrogens is 361 g/mol. The molecule has 0 aliphatic carbocycles. The van der Waals surface area contributed by atoms with E-state index in [2.05, 4.69) is 24.9 Å². The van der Waals surface area contributed by atoms with Gasteiger partial charge in [-0.05, 0) is 38.0 Å². The molecule has 2 heterocycles. The Morgan fingerprint density at radius 3 is 2.67 bits per heavy atom. The maximum absolute atomic E-state index is 12.3. The number of nitrogens with zero attached hydrogens (tertiary/aromatic N) is 3. The van der Waals surface area contributed by atoms with Crippen molar-refractivity contribution in [3.05, 3.63) is 47.4 Å². The molecule has 1 aromatic carbocycles. The Bertz CT molecular complexity index is 820. The van der Waals surface area contributed by atoms with Crippen LogP contribution in [0.3, 0.4) is 0 Å². The lowest BCUT2D eigenvalue weighted by Crippen LogP contribution is -2.26. The number of alkyl halides is 3. The lowest BCUT2D eigenvalue weighted by molar-refractivity contribution is -0.274. The van der Waals surface area contributed by atoms with Crippen molar-refractivity contribution in [2.24, 2.45) is 0 Å². The lowest BCUT2D eigenvalue weighted by Gasteiger charge is -2.17. The lowest BCUT2D eigenvalue weighted by atomic mass is 10.2. The molecule has 0 bridgehead atoms. The van der Waals surface area contributed by atoms with Gasteiger partial charge in [0.15, 0.2) is 0 Å². The molecule has 9 heteroatoms. The van der Waals surface area contributed by atoms with Crippen LogP contribution in [0.25, 0.3) is 0 Å². The van der Waals surface area contributed by atoms with Gasteiger partial charge in [0, 0.05) is 30.4 Å². The molecule has 0 saturated carbocycles. The zero-order valence-electron chi connectivity index (χ0n) is 14.7. The summed E-state index contributed by atoms with van der Waals surface area (Å²) in [6, 6.07) is 6.80. The predicted octanol–water partition coefficient (Wildman–Crippen LogP) is 3.21. The number of aromatic nitrogens is 2. The Labute approximate surface area is 154 Å². The van der Waals surface area contributed by atoms with Crippen molar-refractivity contribution in [3.63, 3.8) is 0 Å². The topological polar surface area (TPSA) is 67.4 Å². The summed E-state index contributed by atoms with van der Waals surface area (Å²) in [6.45, 7) is 3.80. The van der Waals surface area contributed by atoms with E-state index in [1.165, 1.54) is 12.1 Å². The van der Waals surface area contributed by atoms with Crippen molar-refractivity contribution in [1.82, 2.24) is 15.3 Å². The van der Waals surface area contributed by atoms with Crippen LogP contribution in [-0.2, 0) is 6.54 Å². The summed E-state index contributed by atoms with van der Waals surface area (Å²) < 4.78 is 40.7. The van der Waals surface area contributed by atoms with E-state index >= 15 is 0 Å². The average molecular weight is 380 g/mol. The zero-order chi connectivity index (χ0) is 19.4. The molecular formula is C18H19F3N4O2. The van der Waals surface area contributed by atoms with E-state index in [-0.39, 0.29) is 12.1 Å². The normalized spacial score (nSPS) is 14.3. The minimum atomic E-state index is -4.81. The van der Waals surface area contributed by atoms with Crippen molar-refractivity contribution in [3.8, 4) is 5.75 Å². The molecule has 1 aliphatic heterocycles. The van der Waals surface area contributed by atoms with Gasteiger partial charge in [-0.1, -0.05) is 6.07 Å². The summed E-state index contributed by atoms with van der Waals surface area (Å²) in [5, 5.41) is 2.63. The first-order valence-electron chi connectivity index (χ1n) is 8.54. The fraction of sp³-hybridized carbons (Fsp3) is 0.389. The van der Waals surface area contributed by atoms with Gasteiger partial charge in [-0.2, -0.15) is 0 Å². The molecule has 0 radical (unpaired) electrons. The van der Waals surface area contributed by atoms with Gasteiger partial charge in [-0.3, -0.25) is 4.79 Å². The molecule has 0 unspecified atom stereocenters. The minimum absolute atomic E-state index is 0.0594. The first kappa shape index (κ1) is 18.9. The fourth-order valence-corrected chi connectivity index (χ4v) is 2.90. The highest BCUT2D eigenvalue weighted by Crippen LogP contribution is 2.23. The van der Waals surface area contributed by atoms with Crippen LogP contribution >= 0.6 is 0 Å². The number of aryl methyl sites for hydroxylation is 1. The van der Waals surface area contributed by atoms with Gasteiger partial charge in [0.05, 0.1) is 6.54 Å². The summed E-state index contributed by atoms with van der Waals surface area (Å²) in [4.78, 5) is 23.2. The van der Waals surface area contributed by atoms with E-state index in [9.17, 15) is 18.0 Å². The van der Waals surface area contributed by atoms with Crippen LogP contribution in [0.5, 0.6) is 5.75 Å². The van der Waals surface area contributed by atoms with Gasteiger partial charge in [-0.25, -0.2) is 9.97 Å². The molecule has 0 atom stereocenters. The average Bonchev–Trinajstić information content (AvgIpc) is 3.12. The molecule has 1 fully saturated rings. The highest BCUT2D eigenvalue weighted by Gasteiger charge is 2.31. The molecule has 6 nitrogen and oxygen atoms in total. The molecule has 144 valence electrons. The highest BCUT2D eigenvalue weighted by atomic mass is 19.4. The van der Waals surface area contributed by atoms with Crippen molar-refractivity contribution < 1.29 is 22.7 Å². The van der Waals surface area contributed by atoms with E-state index in [0.717, 1.165) is 49.6 Å². The second kappa shape index (κ2) is 7.81. The number of rotatable bonds is 5. The molecule has 3 rings (SSSR count). The minimum Gasteiger partial charge on any atom is -0.406 e. The van der Waals surface area contributed by atoms with Gasteiger partial charge in [-0.15, -0.1) is 13.2 Å². The number of amides is 1. The number of hydrogen-bond donors (Lipinski definition) is 1. The molecule has 2 aromatic rings. The molecule has 1 saturated heterocycles. The van der Waals surface area contributed by atoms with Gasteiger partial charge >= 0.3 is 6.36 Å². The SMILES string of the molecule is Cc1cc(N2CCCC2)nc(CNC(=O)c2cccc(OC(F)(F)F)c2)n1. The maximum Gasteiger partial charge on any atom is 0.573 e. The van der Waals surface area contributed by atoms with Crippen LogP contribution in [0, 0.1) is 6.92 Å². The van der Waals surface area contributed by atoms with E-state index < -0.39 is 18.0 Å². The van der Waals surface area contributed by atoms with Crippen molar-refractivity contribution >= 4 is 11.7 Å². The summed E-state index contributed by atoms with van der Waals surface area (Å²) >= 11 is 0. The molecule has 1 aliphatic rings. The van der Waals surface area contributed by atoms with E-state index in [1.807, 2.05) is 13.0 Å². The number of anilines is 1. The van der Waals surface area contributed by atoms with Crippen LogP contribution in [0.1, 0.15) is 34.7 Å². The quantitative estimate of drug-likeness (QED) is 0.863. The summed E-state index contributed by atoms with van der Waals surface area (Å²) in [5.74, 6) is 0.298. The predicted molar refractivity (Wildman–Crippen MR) is 92.5 cm³/mol. The van der Waals surface area contributed by atoms with Gasteiger partial charge < -0.3 is 15.0 Å². The summed E-state index contributed by atoms with van der Waals surface area (Å²) in [6.07, 6.45) is -2.58. The standard InChI is InChI=1S/C18H19F3N4O2/c1-12-9-16(25-7-2-3-8-25)24-15(23-12)11-22-17(26)13-5-4-6-14(10-13)27-18(19,20)21/h4-6,9-10H,2-3,7-8,11H2,1H3,(H,22,26). The number of carbonyl (C=O) groups excluding carboxylic acids is 1. The van der Waals surface area contributed by atoms with Crippen molar-refractivity contribution in [1.29, 1.82) is 0 Å². The third-order valence-corrected chi connectivity index (χ3v) is 4.05. The van der Waals surface area contributed by atoms with Crippen LogP contribution in [0.15, 0.2) is 30.3 Å². The fourth-order valence-electron chi connectivity index (χ4n) is 2.90. The number of carbonyl (C=O) groups is 1. The van der Waals surface area contributed by atoms with Crippen molar-refractivity contribution in [2.45, 2.75) is 32.7 Å². The van der Waals surface area contributed by atoms with Gasteiger partial charge in [0.1, 0.15) is 17.4 Å². The first-order valence-corrected chi connectivity index (χ1v) is 8.54. The van der Waals surface area contributed by atoms with Crippen LogP contribution in [0.4, 0.5) is 19.0 Å². The van der Waals surface area contributed by atoms with Crippen LogP contribution in [-0.4, -0.2) is 35.3 Å². The van der Waals surface area contributed by atoms with E-state index in [0.29, 0.717) is 5.82 Å². The summed E-state index contributed by atoms with van der Waals surface area (Å²) in [5.41, 5.74) is 0.848. The number of nitrogens with one attached hydrogen (secondary N) is 1. The Kier molecular flexibility index (Phi) is 5.48. The Morgan fingerprint density at radius 1 is 1.22 bits per heavy atom. The third kappa shape index (κ3) is 5.32. The van der Waals surface area contributed by atoms with E-state index in [4.69, 9.17) is 0 Å². The third-order valence-electron chi connectivity index (χ3n) is 4.05.